The van der Waals surface area contributed by atoms with Crippen molar-refractivity contribution in [3.05, 3.63) is 0 Å². The van der Waals surface area contributed by atoms with Gasteiger partial charge in [-0.05, 0) is 27.2 Å². The highest BCUT2D eigenvalue weighted by atomic mass is 32.2. The van der Waals surface area contributed by atoms with Crippen LogP contribution < -0.4 is 5.32 Å². The van der Waals surface area contributed by atoms with Crippen LogP contribution in [-0.4, -0.2) is 49.9 Å². The first kappa shape index (κ1) is 18.2. The Morgan fingerprint density at radius 2 is 1.95 bits per heavy atom. The van der Waals surface area contributed by atoms with E-state index in [0.29, 0.717) is 6.42 Å². The molecule has 0 fully saturated rings. The summed E-state index contributed by atoms with van der Waals surface area (Å²) in [6.07, 6.45) is -0.244. The minimum Gasteiger partial charge on any atom is -0.444 e. The van der Waals surface area contributed by atoms with Crippen molar-refractivity contribution in [2.45, 2.75) is 39.7 Å². The van der Waals surface area contributed by atoms with E-state index in [0.717, 1.165) is 0 Å². The lowest BCUT2D eigenvalue weighted by Gasteiger charge is -2.21. The van der Waals surface area contributed by atoms with E-state index in [1.54, 1.807) is 27.7 Å². The largest absolute Gasteiger partial charge is 0.444 e. The van der Waals surface area contributed by atoms with Crippen LogP contribution in [-0.2, 0) is 14.6 Å². The van der Waals surface area contributed by atoms with Crippen molar-refractivity contribution in [3.8, 4) is 0 Å². The van der Waals surface area contributed by atoms with Gasteiger partial charge in [-0.25, -0.2) is 13.2 Å². The monoisotopic (exact) mass is 295 g/mol. The molecule has 0 radical (unpaired) electrons. The fourth-order valence-electron chi connectivity index (χ4n) is 1.29. The van der Waals surface area contributed by atoms with Crippen LogP contribution in [0.15, 0.2) is 0 Å². The van der Waals surface area contributed by atoms with Crippen LogP contribution in [0.1, 0.15) is 34.1 Å². The Balaban J connectivity index is 4.11. The number of sulfone groups is 1. The van der Waals surface area contributed by atoms with Crippen molar-refractivity contribution in [1.82, 2.24) is 5.32 Å². The number of hydrogen-bond donors (Lipinski definition) is 2. The normalized spacial score (nSPS) is 13.9. The third-order valence-electron chi connectivity index (χ3n) is 2.47. The van der Waals surface area contributed by atoms with Gasteiger partial charge in [0.05, 0.1) is 5.75 Å². The minimum atomic E-state index is -3.05. The Kier molecular flexibility index (Phi) is 7.36. The summed E-state index contributed by atoms with van der Waals surface area (Å²) < 4.78 is 27.8. The molecule has 19 heavy (non-hydrogen) atoms. The molecule has 0 heterocycles. The average molecular weight is 295 g/mol. The number of nitrogens with one attached hydrogen (secondary N) is 1. The zero-order valence-electron chi connectivity index (χ0n) is 12.1. The number of ether oxygens (including phenoxy) is 1. The van der Waals surface area contributed by atoms with Gasteiger partial charge in [0, 0.05) is 24.8 Å². The predicted molar refractivity (Wildman–Crippen MR) is 73.8 cm³/mol. The number of alkyl carbamates (subject to hydrolysis) is 1. The molecule has 0 aromatic heterocycles. The molecule has 0 aliphatic rings. The van der Waals surface area contributed by atoms with Gasteiger partial charge in [0.1, 0.15) is 15.4 Å². The number of carbonyl (C=O) groups is 1. The van der Waals surface area contributed by atoms with Gasteiger partial charge in [-0.1, -0.05) is 6.92 Å². The molecule has 1 atom stereocenters. The van der Waals surface area contributed by atoms with Gasteiger partial charge in [0.2, 0.25) is 0 Å². The highest BCUT2D eigenvalue weighted by molar-refractivity contribution is 7.91. The molecule has 0 saturated carbocycles. The second-order valence-corrected chi connectivity index (χ2v) is 7.93. The Morgan fingerprint density at radius 1 is 1.37 bits per heavy atom. The molecule has 2 N–H and O–H groups in total. The highest BCUT2D eigenvalue weighted by Crippen LogP contribution is 2.08. The van der Waals surface area contributed by atoms with Crippen LogP contribution in [0.25, 0.3) is 0 Å². The summed E-state index contributed by atoms with van der Waals surface area (Å²) >= 11 is 0. The Hall–Kier alpha value is -0.820. The molecule has 0 saturated heterocycles. The first-order chi connectivity index (χ1) is 8.59. The smallest absolute Gasteiger partial charge is 0.407 e. The molecule has 1 unspecified atom stereocenters. The molecule has 0 aromatic rings. The molecule has 0 aliphatic heterocycles. The predicted octanol–water partition coefficient (Wildman–Crippen LogP) is 0.944. The van der Waals surface area contributed by atoms with E-state index in [1.807, 2.05) is 0 Å². The average Bonchev–Trinajstić information content (AvgIpc) is 2.27. The first-order valence-corrected chi connectivity index (χ1v) is 8.20. The lowest BCUT2D eigenvalue weighted by molar-refractivity contribution is 0.0512. The number of hydrogen-bond acceptors (Lipinski definition) is 5. The van der Waals surface area contributed by atoms with E-state index in [1.165, 1.54) is 0 Å². The van der Waals surface area contributed by atoms with Crippen LogP contribution in [0.3, 0.4) is 0 Å². The quantitative estimate of drug-likeness (QED) is 0.729. The molecule has 7 heteroatoms. The van der Waals surface area contributed by atoms with Gasteiger partial charge in [-0.15, -0.1) is 0 Å². The van der Waals surface area contributed by atoms with E-state index in [9.17, 15) is 13.2 Å². The minimum absolute atomic E-state index is 0.0186. The number of amides is 1. The molecule has 0 rings (SSSR count). The van der Waals surface area contributed by atoms with Crippen molar-refractivity contribution in [3.63, 3.8) is 0 Å². The van der Waals surface area contributed by atoms with Crippen molar-refractivity contribution in [1.29, 1.82) is 0 Å². The zero-order valence-corrected chi connectivity index (χ0v) is 12.9. The van der Waals surface area contributed by atoms with E-state index in [-0.39, 0.29) is 30.6 Å². The number of rotatable bonds is 7. The summed E-state index contributed by atoms with van der Waals surface area (Å²) in [4.78, 5) is 11.4. The van der Waals surface area contributed by atoms with Gasteiger partial charge in [0.15, 0.2) is 0 Å². The van der Waals surface area contributed by atoms with Crippen LogP contribution in [0.2, 0.25) is 0 Å². The number of aliphatic hydroxyl groups is 1. The van der Waals surface area contributed by atoms with Crippen molar-refractivity contribution in [2.75, 3.05) is 24.7 Å². The highest BCUT2D eigenvalue weighted by Gasteiger charge is 2.18. The molecular weight excluding hydrogens is 270 g/mol. The molecule has 114 valence electrons. The van der Waals surface area contributed by atoms with E-state index in [4.69, 9.17) is 9.84 Å². The zero-order chi connectivity index (χ0) is 15.1. The topological polar surface area (TPSA) is 92.7 Å². The Bertz CT molecular complexity index is 372. The number of carbonyl (C=O) groups excluding carboxylic acids is 1. The third kappa shape index (κ3) is 9.72. The fraction of sp³-hybridized carbons (Fsp3) is 0.917. The van der Waals surface area contributed by atoms with Gasteiger partial charge in [-0.3, -0.25) is 0 Å². The Morgan fingerprint density at radius 3 is 2.37 bits per heavy atom. The molecule has 6 nitrogen and oxygen atoms in total. The molecule has 0 bridgehead atoms. The standard InChI is InChI=1S/C12H25NO5S/c1-5-19(16,17)7-6-10(9-14)8-13-11(15)18-12(2,3)4/h10,14H,5-9H2,1-4H3,(H,13,15). The summed E-state index contributed by atoms with van der Waals surface area (Å²) in [5.74, 6) is -0.177. The van der Waals surface area contributed by atoms with Crippen LogP contribution in [0.4, 0.5) is 4.79 Å². The first-order valence-electron chi connectivity index (χ1n) is 6.37. The van der Waals surface area contributed by atoms with E-state index < -0.39 is 21.5 Å². The van der Waals surface area contributed by atoms with Crippen molar-refractivity contribution in [2.24, 2.45) is 5.92 Å². The molecule has 0 spiro atoms. The lowest BCUT2D eigenvalue weighted by Crippen LogP contribution is -2.36. The van der Waals surface area contributed by atoms with Gasteiger partial charge in [0.25, 0.3) is 0 Å². The fourth-order valence-corrected chi connectivity index (χ4v) is 2.27. The number of aliphatic hydroxyl groups excluding tert-OH is 1. The van der Waals surface area contributed by atoms with Crippen LogP contribution in [0.5, 0.6) is 0 Å². The molecular formula is C12H25NO5S. The maximum atomic E-state index is 11.4. The SMILES string of the molecule is CCS(=O)(=O)CCC(CO)CNC(=O)OC(C)(C)C. The summed E-state index contributed by atoms with van der Waals surface area (Å²) in [6.45, 7) is 6.87. The van der Waals surface area contributed by atoms with Crippen molar-refractivity contribution >= 4 is 15.9 Å². The second-order valence-electron chi connectivity index (χ2n) is 5.46. The maximum absolute atomic E-state index is 11.4. The van der Waals surface area contributed by atoms with Crippen molar-refractivity contribution < 1.29 is 23.1 Å². The van der Waals surface area contributed by atoms with Crippen LogP contribution >= 0.6 is 0 Å². The summed E-state index contributed by atoms with van der Waals surface area (Å²) in [5, 5.41) is 11.7. The molecule has 0 aromatic carbocycles. The van der Waals surface area contributed by atoms with E-state index >= 15 is 0 Å². The van der Waals surface area contributed by atoms with Gasteiger partial charge >= 0.3 is 6.09 Å². The van der Waals surface area contributed by atoms with Crippen LogP contribution in [0, 0.1) is 5.92 Å². The summed E-state index contributed by atoms with van der Waals surface area (Å²) in [7, 11) is -3.05. The Labute approximate surface area is 115 Å². The third-order valence-corrected chi connectivity index (χ3v) is 4.21. The van der Waals surface area contributed by atoms with E-state index in [2.05, 4.69) is 5.32 Å². The lowest BCUT2D eigenvalue weighted by atomic mass is 10.1. The summed E-state index contributed by atoms with van der Waals surface area (Å²) in [5.41, 5.74) is -0.579. The van der Waals surface area contributed by atoms with Gasteiger partial charge in [-0.2, -0.15) is 0 Å². The second kappa shape index (κ2) is 7.69. The summed E-state index contributed by atoms with van der Waals surface area (Å²) in [6, 6.07) is 0. The van der Waals surface area contributed by atoms with Gasteiger partial charge < -0.3 is 15.2 Å². The maximum Gasteiger partial charge on any atom is 0.407 e. The molecule has 1 amide bonds. The molecule has 0 aliphatic carbocycles.